The summed E-state index contributed by atoms with van der Waals surface area (Å²) in [4.78, 5) is 0. The van der Waals surface area contributed by atoms with Gasteiger partial charge in [0.25, 0.3) is 0 Å². The fraction of sp³-hybridized carbons (Fsp3) is 0.467. The molecule has 2 fully saturated rings. The van der Waals surface area contributed by atoms with Crippen LogP contribution in [-0.2, 0) is 20.9 Å². The van der Waals surface area contributed by atoms with Gasteiger partial charge >= 0.3 is 204 Å². The predicted octanol–water partition coefficient (Wildman–Crippen LogP) is 8.61. The van der Waals surface area contributed by atoms with E-state index in [2.05, 4.69) is 66.8 Å². The molecule has 0 atom stereocenters. The van der Waals surface area contributed by atoms with Crippen molar-refractivity contribution >= 4 is 5.92 Å². The van der Waals surface area contributed by atoms with E-state index >= 15 is 0 Å². The van der Waals surface area contributed by atoms with E-state index < -0.39 is 26.8 Å². The summed E-state index contributed by atoms with van der Waals surface area (Å²) in [6, 6.07) is 19.1. The first-order valence-corrected chi connectivity index (χ1v) is 22.1. The molecule has 32 heavy (non-hydrogen) atoms. The monoisotopic (exact) mass is 515 g/mol. The number of rotatable bonds is 5. The van der Waals surface area contributed by atoms with E-state index in [0.717, 1.165) is 14.7 Å². The van der Waals surface area contributed by atoms with Crippen LogP contribution in [0.15, 0.2) is 70.0 Å². The summed E-state index contributed by atoms with van der Waals surface area (Å²) in [5.74, 6) is -0.847. The summed E-state index contributed by atoms with van der Waals surface area (Å²) >= 11 is -1.94. The van der Waals surface area contributed by atoms with Crippen molar-refractivity contribution in [2.45, 2.75) is 85.3 Å². The van der Waals surface area contributed by atoms with Gasteiger partial charge in [-0.15, -0.1) is 0 Å². The molecule has 0 radical (unpaired) electrons. The van der Waals surface area contributed by atoms with E-state index in [9.17, 15) is 0 Å². The fourth-order valence-electron chi connectivity index (χ4n) is 7.62. The maximum atomic E-state index is 2.63. The summed E-state index contributed by atoms with van der Waals surface area (Å²) in [5.41, 5.74) is 8.86. The summed E-state index contributed by atoms with van der Waals surface area (Å²) in [6.45, 7) is 0. The van der Waals surface area contributed by atoms with Crippen LogP contribution in [0.1, 0.15) is 85.4 Å². The van der Waals surface area contributed by atoms with Gasteiger partial charge in [0.15, 0.2) is 0 Å². The van der Waals surface area contributed by atoms with Gasteiger partial charge < -0.3 is 0 Å². The van der Waals surface area contributed by atoms with E-state index in [1.807, 2.05) is 3.28 Å². The third kappa shape index (κ3) is 3.94. The number of allylic oxidation sites excluding steroid dienone is 4. The summed E-state index contributed by atoms with van der Waals surface area (Å²) in [5, 5.41) is 0. The summed E-state index contributed by atoms with van der Waals surface area (Å²) in [7, 11) is 0. The second-order valence-electron chi connectivity index (χ2n) is 10.7. The Balaban J connectivity index is 1.50. The van der Waals surface area contributed by atoms with Crippen LogP contribution < -0.4 is 0 Å². The molecule has 0 heterocycles. The van der Waals surface area contributed by atoms with Gasteiger partial charge in [0.1, 0.15) is 0 Å². The zero-order valence-corrected chi connectivity index (χ0v) is 23.1. The Morgan fingerprint density at radius 3 is 1.69 bits per heavy atom. The molecular weight excluding hydrogens is 480 g/mol. The van der Waals surface area contributed by atoms with Crippen LogP contribution in [0.25, 0.3) is 11.1 Å². The van der Waals surface area contributed by atoms with E-state index in [0.29, 0.717) is 0 Å². The molecule has 2 aromatic carbocycles. The molecule has 0 amide bonds. The first-order chi connectivity index (χ1) is 15.9. The van der Waals surface area contributed by atoms with Gasteiger partial charge in [0.2, 0.25) is 0 Å². The number of fused-ring (bicyclic) bond motifs is 3. The van der Waals surface area contributed by atoms with E-state index in [1.165, 1.54) is 44.9 Å². The van der Waals surface area contributed by atoms with Gasteiger partial charge in [-0.3, -0.25) is 0 Å². The third-order valence-electron chi connectivity index (χ3n) is 8.96. The van der Waals surface area contributed by atoms with Gasteiger partial charge in [-0.1, -0.05) is 0 Å². The average Bonchev–Trinajstić information content (AvgIpc) is 3.51. The Labute approximate surface area is 203 Å². The molecule has 2 heteroatoms. The average molecular weight is 517 g/mol. The molecule has 0 bridgehead atoms. The summed E-state index contributed by atoms with van der Waals surface area (Å²) in [6.07, 6.45) is 24.2. The van der Waals surface area contributed by atoms with Crippen molar-refractivity contribution in [3.63, 3.8) is 0 Å². The van der Waals surface area contributed by atoms with Gasteiger partial charge in [-0.2, -0.15) is 0 Å². The molecule has 0 spiro atoms. The van der Waals surface area contributed by atoms with Crippen LogP contribution in [0.3, 0.4) is 0 Å². The summed E-state index contributed by atoms with van der Waals surface area (Å²) < 4.78 is 2.77. The van der Waals surface area contributed by atoms with Gasteiger partial charge in [-0.05, 0) is 0 Å². The molecular formula is C30H37SiZr. The van der Waals surface area contributed by atoms with Gasteiger partial charge in [0.05, 0.1) is 0 Å². The first kappa shape index (κ1) is 21.5. The second-order valence-corrected chi connectivity index (χ2v) is 27.5. The first-order valence-electron chi connectivity index (χ1n) is 13.3. The zero-order valence-electron chi connectivity index (χ0n) is 19.4. The van der Waals surface area contributed by atoms with Crippen LogP contribution in [0, 0.1) is 0 Å². The maximum absolute atomic E-state index is 2.63. The van der Waals surface area contributed by atoms with Crippen molar-refractivity contribution < 1.29 is 20.9 Å². The van der Waals surface area contributed by atoms with Crippen LogP contribution in [-0.4, -0.2) is 5.92 Å². The van der Waals surface area contributed by atoms with Crippen LogP contribution in [0.4, 0.5) is 0 Å². The normalized spacial score (nSPS) is 21.6. The fourth-order valence-corrected chi connectivity index (χ4v) is 39.8. The molecule has 0 N–H and O–H groups in total. The van der Waals surface area contributed by atoms with Crippen LogP contribution in [0.5, 0.6) is 0 Å². The molecule has 2 aromatic rings. The SMILES string of the molecule is C1=CC[C]([Zr]([CH]2c3ccccc3-c3ccccc32)[SiH](C2CCCCC2)C2CCCCC2)=C1. The van der Waals surface area contributed by atoms with Crippen molar-refractivity contribution in [1.82, 2.24) is 0 Å². The molecule has 0 nitrogen and oxygen atoms in total. The zero-order chi connectivity index (χ0) is 21.3. The van der Waals surface area contributed by atoms with Gasteiger partial charge in [-0.25, -0.2) is 0 Å². The molecule has 0 aromatic heterocycles. The molecule has 2 saturated carbocycles. The molecule has 0 saturated heterocycles. The van der Waals surface area contributed by atoms with E-state index in [1.54, 1.807) is 47.9 Å². The van der Waals surface area contributed by atoms with E-state index in [-0.39, 0.29) is 0 Å². The van der Waals surface area contributed by atoms with Crippen molar-refractivity contribution in [3.05, 3.63) is 81.2 Å². The predicted molar refractivity (Wildman–Crippen MR) is 136 cm³/mol. The van der Waals surface area contributed by atoms with Crippen LogP contribution in [0.2, 0.25) is 11.1 Å². The molecule has 4 aliphatic carbocycles. The van der Waals surface area contributed by atoms with Crippen molar-refractivity contribution in [2.24, 2.45) is 0 Å². The molecule has 0 unspecified atom stereocenters. The molecule has 0 aliphatic heterocycles. The Kier molecular flexibility index (Phi) is 6.54. The second kappa shape index (κ2) is 9.71. The Hall–Kier alpha value is -0.980. The van der Waals surface area contributed by atoms with Crippen molar-refractivity contribution in [2.75, 3.05) is 0 Å². The Morgan fingerprint density at radius 1 is 0.656 bits per heavy atom. The van der Waals surface area contributed by atoms with Gasteiger partial charge in [0, 0.05) is 0 Å². The number of benzene rings is 2. The topological polar surface area (TPSA) is 0 Å². The van der Waals surface area contributed by atoms with E-state index in [4.69, 9.17) is 0 Å². The third-order valence-corrected chi connectivity index (χ3v) is 35.3. The number of hydrogen-bond acceptors (Lipinski definition) is 0. The molecule has 6 rings (SSSR count). The standard InChI is InChI=1S/C13H9.C12H23Si.C5H5.Zr/c1-3-7-12-10(5-1)9-11-6-2-4-8-13(11)12;1-3-7-11(8-4-1)13-12-9-5-2-6-10-12;1-2-4-5-3-1;/h1-9H;11-13H,1-10H2;1-3H,4H2;. The quantitative estimate of drug-likeness (QED) is 0.349. The van der Waals surface area contributed by atoms with Crippen LogP contribution >= 0.6 is 0 Å². The van der Waals surface area contributed by atoms with Crippen molar-refractivity contribution in [1.29, 1.82) is 0 Å². The number of hydrogen-bond donors (Lipinski definition) is 0. The minimum absolute atomic E-state index is 0.788. The van der Waals surface area contributed by atoms with Crippen molar-refractivity contribution in [3.8, 4) is 11.1 Å². The minimum atomic E-state index is -1.94. The molecule has 165 valence electrons. The Bertz CT molecular complexity index is 945. The molecule has 4 aliphatic rings. The Morgan fingerprint density at radius 2 is 1.19 bits per heavy atom.